The lowest BCUT2D eigenvalue weighted by Crippen LogP contribution is -2.47. The van der Waals surface area contributed by atoms with Crippen molar-refractivity contribution in [2.45, 2.75) is 33.7 Å². The Balaban J connectivity index is 1.62. The van der Waals surface area contributed by atoms with Crippen molar-refractivity contribution in [1.29, 1.82) is 0 Å². The molecule has 1 saturated heterocycles. The molecule has 4 heterocycles. The van der Waals surface area contributed by atoms with Crippen LogP contribution in [0.25, 0.3) is 22.4 Å². The first-order valence-electron chi connectivity index (χ1n) is 9.88. The third kappa shape index (κ3) is 3.90. The molecule has 1 aliphatic rings. The molecule has 4 rings (SSSR count). The first-order chi connectivity index (χ1) is 13.9. The molecule has 1 unspecified atom stereocenters. The Bertz CT molecular complexity index is 1030. The summed E-state index contributed by atoms with van der Waals surface area (Å²) in [5, 5.41) is 7.71. The Morgan fingerprint density at radius 3 is 2.69 bits per heavy atom. The van der Waals surface area contributed by atoms with Gasteiger partial charge in [0, 0.05) is 31.2 Å². The number of carbonyl (C=O) groups excluding carboxylic acids is 1. The lowest BCUT2D eigenvalue weighted by atomic mass is 10.1. The van der Waals surface area contributed by atoms with E-state index in [0.717, 1.165) is 43.4 Å². The number of pyridine rings is 1. The number of rotatable bonds is 5. The zero-order valence-corrected chi connectivity index (χ0v) is 17.2. The van der Waals surface area contributed by atoms with Gasteiger partial charge in [0.15, 0.2) is 0 Å². The van der Waals surface area contributed by atoms with E-state index in [4.69, 9.17) is 13.7 Å². The van der Waals surface area contributed by atoms with Crippen molar-refractivity contribution in [3.05, 3.63) is 34.9 Å². The van der Waals surface area contributed by atoms with Crippen LogP contribution in [0, 0.1) is 20.8 Å². The highest BCUT2D eigenvalue weighted by molar-refractivity contribution is 6.07. The second-order valence-electron chi connectivity index (χ2n) is 7.54. The zero-order chi connectivity index (χ0) is 20.5. The molecule has 1 amide bonds. The van der Waals surface area contributed by atoms with E-state index >= 15 is 0 Å². The monoisotopic (exact) mass is 398 g/mol. The Morgan fingerprint density at radius 2 is 2.00 bits per heavy atom. The highest BCUT2D eigenvalue weighted by Crippen LogP contribution is 2.30. The van der Waals surface area contributed by atoms with Gasteiger partial charge in [-0.05, 0) is 39.8 Å². The number of nitrogens with zero attached hydrogens (tertiary/aromatic N) is 3. The summed E-state index contributed by atoms with van der Waals surface area (Å²) >= 11 is 0. The number of fused-ring (bicyclic) bond motifs is 1. The van der Waals surface area contributed by atoms with Crippen LogP contribution in [0.15, 0.2) is 21.1 Å². The van der Waals surface area contributed by atoms with Crippen LogP contribution in [-0.4, -0.2) is 59.8 Å². The number of furan rings is 1. The van der Waals surface area contributed by atoms with Gasteiger partial charge >= 0.3 is 0 Å². The third-order valence-electron chi connectivity index (χ3n) is 5.41. The molecule has 0 bridgehead atoms. The topological polar surface area (TPSA) is 93.6 Å². The number of hydrogen-bond donors (Lipinski definition) is 1. The number of hydrogen-bond acceptors (Lipinski definition) is 7. The van der Waals surface area contributed by atoms with E-state index in [9.17, 15) is 4.79 Å². The predicted molar refractivity (Wildman–Crippen MR) is 108 cm³/mol. The molecule has 8 heteroatoms. The zero-order valence-electron chi connectivity index (χ0n) is 17.2. The first-order valence-corrected chi connectivity index (χ1v) is 9.88. The molecule has 0 aromatic carbocycles. The van der Waals surface area contributed by atoms with Crippen LogP contribution in [0.5, 0.6) is 0 Å². The molecule has 3 aromatic heterocycles. The standard InChI is InChI=1S/C21H26N4O4/c1-12(25-5-7-27-8-6-25)11-22-20(26)17-10-18(16-9-13(2)28-15(16)4)23-21-19(17)14(3)24-29-21/h9-10,12H,5-8,11H2,1-4H3,(H,22,26). The summed E-state index contributed by atoms with van der Waals surface area (Å²) < 4.78 is 16.4. The summed E-state index contributed by atoms with van der Waals surface area (Å²) in [6.07, 6.45) is 0. The van der Waals surface area contributed by atoms with Crippen molar-refractivity contribution in [2.24, 2.45) is 0 Å². The van der Waals surface area contributed by atoms with E-state index in [1.54, 1.807) is 6.07 Å². The van der Waals surface area contributed by atoms with Crippen molar-refractivity contribution in [3.63, 3.8) is 0 Å². The average molecular weight is 398 g/mol. The number of amides is 1. The molecule has 0 radical (unpaired) electrons. The average Bonchev–Trinajstić information content (AvgIpc) is 3.27. The van der Waals surface area contributed by atoms with E-state index in [-0.39, 0.29) is 11.9 Å². The maximum atomic E-state index is 13.1. The molecule has 3 aromatic rings. The minimum atomic E-state index is -0.164. The van der Waals surface area contributed by atoms with Crippen LogP contribution in [0.1, 0.15) is 34.5 Å². The van der Waals surface area contributed by atoms with Gasteiger partial charge in [0.05, 0.1) is 35.6 Å². The highest BCUT2D eigenvalue weighted by Gasteiger charge is 2.22. The lowest BCUT2D eigenvalue weighted by Gasteiger charge is -2.32. The largest absolute Gasteiger partial charge is 0.466 e. The number of nitrogens with one attached hydrogen (secondary N) is 1. The minimum absolute atomic E-state index is 0.164. The van der Waals surface area contributed by atoms with Crippen molar-refractivity contribution in [3.8, 4) is 11.3 Å². The van der Waals surface area contributed by atoms with Gasteiger partial charge in [0.1, 0.15) is 11.5 Å². The summed E-state index contributed by atoms with van der Waals surface area (Å²) in [6.45, 7) is 11.5. The van der Waals surface area contributed by atoms with E-state index in [0.29, 0.717) is 34.6 Å². The summed E-state index contributed by atoms with van der Waals surface area (Å²) in [6, 6.07) is 3.93. The molecule has 1 aliphatic heterocycles. The third-order valence-corrected chi connectivity index (χ3v) is 5.41. The van der Waals surface area contributed by atoms with E-state index in [1.165, 1.54) is 0 Å². The number of aryl methyl sites for hydroxylation is 3. The van der Waals surface area contributed by atoms with Crippen molar-refractivity contribution < 1.29 is 18.5 Å². The normalized spacial score (nSPS) is 16.3. The van der Waals surface area contributed by atoms with Crippen molar-refractivity contribution in [1.82, 2.24) is 20.4 Å². The number of aromatic nitrogens is 2. The fourth-order valence-corrected chi connectivity index (χ4v) is 3.78. The second-order valence-corrected chi connectivity index (χ2v) is 7.54. The first kappa shape index (κ1) is 19.6. The molecule has 8 nitrogen and oxygen atoms in total. The summed E-state index contributed by atoms with van der Waals surface area (Å²) in [5.41, 5.74) is 2.98. The quantitative estimate of drug-likeness (QED) is 0.706. The summed E-state index contributed by atoms with van der Waals surface area (Å²) in [7, 11) is 0. The molecule has 0 aliphatic carbocycles. The van der Waals surface area contributed by atoms with E-state index < -0.39 is 0 Å². The minimum Gasteiger partial charge on any atom is -0.466 e. The van der Waals surface area contributed by atoms with Gasteiger partial charge in [0.25, 0.3) is 11.6 Å². The number of ether oxygens (including phenoxy) is 1. The van der Waals surface area contributed by atoms with Crippen LogP contribution in [0.2, 0.25) is 0 Å². The lowest BCUT2D eigenvalue weighted by molar-refractivity contribution is 0.0204. The fraction of sp³-hybridized carbons (Fsp3) is 0.476. The number of carbonyl (C=O) groups is 1. The van der Waals surface area contributed by atoms with E-state index in [2.05, 4.69) is 27.3 Å². The van der Waals surface area contributed by atoms with Gasteiger partial charge < -0.3 is 19.0 Å². The Hall–Kier alpha value is -2.71. The molecular formula is C21H26N4O4. The van der Waals surface area contributed by atoms with Gasteiger partial charge in [-0.2, -0.15) is 0 Å². The molecule has 1 fully saturated rings. The van der Waals surface area contributed by atoms with E-state index in [1.807, 2.05) is 26.8 Å². The summed E-state index contributed by atoms with van der Waals surface area (Å²) in [4.78, 5) is 20.0. The van der Waals surface area contributed by atoms with Gasteiger partial charge in [0.2, 0.25) is 0 Å². The van der Waals surface area contributed by atoms with Crippen molar-refractivity contribution in [2.75, 3.05) is 32.8 Å². The molecule has 0 saturated carbocycles. The van der Waals surface area contributed by atoms with Crippen LogP contribution < -0.4 is 5.32 Å². The van der Waals surface area contributed by atoms with Crippen LogP contribution >= 0.6 is 0 Å². The summed E-state index contributed by atoms with van der Waals surface area (Å²) in [5.74, 6) is 1.37. The molecule has 1 N–H and O–H groups in total. The molecule has 29 heavy (non-hydrogen) atoms. The van der Waals surface area contributed by atoms with Crippen LogP contribution in [-0.2, 0) is 4.74 Å². The predicted octanol–water partition coefficient (Wildman–Crippen LogP) is 2.86. The van der Waals surface area contributed by atoms with Crippen LogP contribution in [0.4, 0.5) is 0 Å². The maximum absolute atomic E-state index is 13.1. The highest BCUT2D eigenvalue weighted by atomic mass is 16.5. The van der Waals surface area contributed by atoms with Crippen molar-refractivity contribution >= 4 is 17.0 Å². The molecule has 154 valence electrons. The van der Waals surface area contributed by atoms with Gasteiger partial charge in [-0.25, -0.2) is 4.98 Å². The molecular weight excluding hydrogens is 372 g/mol. The molecule has 1 atom stereocenters. The Kier molecular flexibility index (Phi) is 5.38. The van der Waals surface area contributed by atoms with Crippen LogP contribution in [0.3, 0.4) is 0 Å². The maximum Gasteiger partial charge on any atom is 0.259 e. The smallest absolute Gasteiger partial charge is 0.259 e. The van der Waals surface area contributed by atoms with Gasteiger partial charge in [-0.1, -0.05) is 5.16 Å². The second kappa shape index (κ2) is 7.96. The fourth-order valence-electron chi connectivity index (χ4n) is 3.78. The van der Waals surface area contributed by atoms with Gasteiger partial charge in [-0.3, -0.25) is 9.69 Å². The molecule has 0 spiro atoms. The van der Waals surface area contributed by atoms with Gasteiger partial charge in [-0.15, -0.1) is 0 Å². The number of morpholine rings is 1. The Labute approximate surface area is 169 Å². The SMILES string of the molecule is Cc1cc(-c2cc(C(=O)NCC(C)N3CCOCC3)c3c(C)noc3n2)c(C)o1. The Morgan fingerprint density at radius 1 is 1.24 bits per heavy atom.